The van der Waals surface area contributed by atoms with Gasteiger partial charge in [-0.3, -0.25) is 0 Å². The van der Waals surface area contributed by atoms with Crippen molar-refractivity contribution >= 4 is 5.82 Å². The zero-order chi connectivity index (χ0) is 12.3. The molecule has 0 bridgehead atoms. The van der Waals surface area contributed by atoms with Gasteiger partial charge in [-0.1, -0.05) is 19.9 Å². The van der Waals surface area contributed by atoms with E-state index in [-0.39, 0.29) is 0 Å². The van der Waals surface area contributed by atoms with Crippen LogP contribution in [0.3, 0.4) is 0 Å². The standard InChI is InChI=1S/C14H22N2O/c1-11(2)13-5-6-14(15-8-13)16-7-3-4-12(9-16)10-17/h5-6,8,11-12,17H,3-4,7,9-10H2,1-2H3. The summed E-state index contributed by atoms with van der Waals surface area (Å²) in [6.45, 7) is 6.65. The van der Waals surface area contributed by atoms with Gasteiger partial charge in [0.05, 0.1) is 0 Å². The molecule has 1 aromatic heterocycles. The summed E-state index contributed by atoms with van der Waals surface area (Å²) in [5.41, 5.74) is 1.28. The summed E-state index contributed by atoms with van der Waals surface area (Å²) in [5, 5.41) is 9.23. The molecule has 1 aliphatic rings. The summed E-state index contributed by atoms with van der Waals surface area (Å²) in [7, 11) is 0. The summed E-state index contributed by atoms with van der Waals surface area (Å²) in [4.78, 5) is 6.82. The van der Waals surface area contributed by atoms with Crippen LogP contribution in [0.1, 0.15) is 38.2 Å². The van der Waals surface area contributed by atoms with Crippen molar-refractivity contribution in [1.82, 2.24) is 4.98 Å². The first-order valence-electron chi connectivity index (χ1n) is 6.52. The van der Waals surface area contributed by atoms with Crippen LogP contribution >= 0.6 is 0 Å². The van der Waals surface area contributed by atoms with E-state index in [2.05, 4.69) is 35.9 Å². The zero-order valence-corrected chi connectivity index (χ0v) is 10.8. The lowest BCUT2D eigenvalue weighted by molar-refractivity contribution is 0.208. The first kappa shape index (κ1) is 12.4. The van der Waals surface area contributed by atoms with Gasteiger partial charge in [0.25, 0.3) is 0 Å². The first-order valence-corrected chi connectivity index (χ1v) is 6.52. The molecule has 0 aromatic carbocycles. The molecule has 0 radical (unpaired) electrons. The van der Waals surface area contributed by atoms with Crippen molar-refractivity contribution in [3.63, 3.8) is 0 Å². The summed E-state index contributed by atoms with van der Waals surface area (Å²) < 4.78 is 0. The molecule has 3 nitrogen and oxygen atoms in total. The first-order chi connectivity index (χ1) is 8.20. The highest BCUT2D eigenvalue weighted by Gasteiger charge is 2.20. The molecule has 94 valence electrons. The minimum absolute atomic E-state index is 0.292. The number of hydrogen-bond donors (Lipinski definition) is 1. The van der Waals surface area contributed by atoms with Crippen LogP contribution in [-0.4, -0.2) is 29.8 Å². The number of aliphatic hydroxyl groups excluding tert-OH is 1. The largest absolute Gasteiger partial charge is 0.396 e. The number of pyridine rings is 1. The average Bonchev–Trinajstić information content (AvgIpc) is 2.39. The lowest BCUT2D eigenvalue weighted by Gasteiger charge is -2.32. The van der Waals surface area contributed by atoms with Crippen LogP contribution in [0, 0.1) is 5.92 Å². The van der Waals surface area contributed by atoms with E-state index in [1.165, 1.54) is 5.56 Å². The SMILES string of the molecule is CC(C)c1ccc(N2CCCC(CO)C2)nc1. The quantitative estimate of drug-likeness (QED) is 0.872. The molecular formula is C14H22N2O. The fraction of sp³-hybridized carbons (Fsp3) is 0.643. The summed E-state index contributed by atoms with van der Waals surface area (Å²) in [5.74, 6) is 1.99. The maximum absolute atomic E-state index is 9.23. The van der Waals surface area contributed by atoms with Gasteiger partial charge in [-0.05, 0) is 36.3 Å². The molecule has 1 saturated heterocycles. The van der Waals surface area contributed by atoms with Gasteiger partial charge in [-0.15, -0.1) is 0 Å². The second kappa shape index (κ2) is 5.50. The predicted octanol–water partition coefficient (Wildman–Crippen LogP) is 2.41. The van der Waals surface area contributed by atoms with Crippen molar-refractivity contribution in [2.45, 2.75) is 32.6 Å². The van der Waals surface area contributed by atoms with E-state index in [4.69, 9.17) is 0 Å². The van der Waals surface area contributed by atoms with Crippen molar-refractivity contribution in [2.75, 3.05) is 24.6 Å². The number of anilines is 1. The van der Waals surface area contributed by atoms with Gasteiger partial charge in [-0.2, -0.15) is 0 Å². The maximum Gasteiger partial charge on any atom is 0.128 e. The maximum atomic E-state index is 9.23. The van der Waals surface area contributed by atoms with Gasteiger partial charge in [0, 0.05) is 25.9 Å². The van der Waals surface area contributed by atoms with Crippen molar-refractivity contribution in [2.24, 2.45) is 5.92 Å². The van der Waals surface area contributed by atoms with E-state index in [9.17, 15) is 5.11 Å². The van der Waals surface area contributed by atoms with E-state index in [0.29, 0.717) is 18.4 Å². The normalized spacial score (nSPS) is 20.9. The van der Waals surface area contributed by atoms with E-state index in [1.807, 2.05) is 6.20 Å². The molecule has 0 spiro atoms. The Morgan fingerprint density at radius 2 is 2.29 bits per heavy atom. The number of nitrogens with zero attached hydrogens (tertiary/aromatic N) is 2. The summed E-state index contributed by atoms with van der Waals surface area (Å²) in [6.07, 6.45) is 4.26. The van der Waals surface area contributed by atoms with E-state index in [1.54, 1.807) is 0 Å². The van der Waals surface area contributed by atoms with Crippen LogP contribution < -0.4 is 4.90 Å². The van der Waals surface area contributed by atoms with Crippen LogP contribution in [0.4, 0.5) is 5.82 Å². The molecule has 1 aromatic rings. The lowest BCUT2D eigenvalue weighted by atomic mass is 9.99. The third-order valence-electron chi connectivity index (χ3n) is 3.54. The molecule has 1 unspecified atom stereocenters. The fourth-order valence-electron chi connectivity index (χ4n) is 2.35. The molecule has 1 N–H and O–H groups in total. The van der Waals surface area contributed by atoms with Gasteiger partial charge in [0.2, 0.25) is 0 Å². The molecule has 1 aliphatic heterocycles. The summed E-state index contributed by atoms with van der Waals surface area (Å²) >= 11 is 0. The van der Waals surface area contributed by atoms with Gasteiger partial charge >= 0.3 is 0 Å². The second-order valence-corrected chi connectivity index (χ2v) is 5.24. The van der Waals surface area contributed by atoms with Crippen LogP contribution in [-0.2, 0) is 0 Å². The number of aromatic nitrogens is 1. The predicted molar refractivity (Wildman–Crippen MR) is 70.3 cm³/mol. The highest BCUT2D eigenvalue weighted by Crippen LogP contribution is 2.22. The Balaban J connectivity index is 2.06. The molecule has 17 heavy (non-hydrogen) atoms. The molecular weight excluding hydrogens is 212 g/mol. The molecule has 1 fully saturated rings. The zero-order valence-electron chi connectivity index (χ0n) is 10.8. The third kappa shape index (κ3) is 2.97. The second-order valence-electron chi connectivity index (χ2n) is 5.24. The monoisotopic (exact) mass is 234 g/mol. The van der Waals surface area contributed by atoms with Crippen molar-refractivity contribution in [3.05, 3.63) is 23.9 Å². The van der Waals surface area contributed by atoms with Crippen molar-refractivity contribution < 1.29 is 5.11 Å². The molecule has 0 saturated carbocycles. The van der Waals surface area contributed by atoms with E-state index in [0.717, 1.165) is 31.7 Å². The van der Waals surface area contributed by atoms with E-state index >= 15 is 0 Å². The minimum atomic E-state index is 0.292. The van der Waals surface area contributed by atoms with Crippen molar-refractivity contribution in [3.8, 4) is 0 Å². The Labute approximate surface area is 103 Å². The van der Waals surface area contributed by atoms with Crippen molar-refractivity contribution in [1.29, 1.82) is 0 Å². The highest BCUT2D eigenvalue weighted by molar-refractivity contribution is 5.40. The molecule has 0 amide bonds. The van der Waals surface area contributed by atoms with Gasteiger partial charge < -0.3 is 10.0 Å². The molecule has 3 heteroatoms. The third-order valence-corrected chi connectivity index (χ3v) is 3.54. The molecule has 2 rings (SSSR count). The van der Waals surface area contributed by atoms with Crippen LogP contribution in [0.25, 0.3) is 0 Å². The van der Waals surface area contributed by atoms with Crippen LogP contribution in [0.2, 0.25) is 0 Å². The van der Waals surface area contributed by atoms with E-state index < -0.39 is 0 Å². The van der Waals surface area contributed by atoms with Gasteiger partial charge in [0.1, 0.15) is 5.82 Å². The average molecular weight is 234 g/mol. The molecule has 1 atom stereocenters. The number of rotatable bonds is 3. The van der Waals surface area contributed by atoms with Crippen LogP contribution in [0.15, 0.2) is 18.3 Å². The topological polar surface area (TPSA) is 36.4 Å². The Morgan fingerprint density at radius 3 is 2.88 bits per heavy atom. The highest BCUT2D eigenvalue weighted by atomic mass is 16.3. The van der Waals surface area contributed by atoms with Crippen LogP contribution in [0.5, 0.6) is 0 Å². The molecule has 0 aliphatic carbocycles. The Bertz CT molecular complexity index is 348. The summed E-state index contributed by atoms with van der Waals surface area (Å²) in [6, 6.07) is 4.27. The van der Waals surface area contributed by atoms with Gasteiger partial charge in [-0.25, -0.2) is 4.98 Å². The number of aliphatic hydroxyl groups is 1. The van der Waals surface area contributed by atoms with Gasteiger partial charge in [0.15, 0.2) is 0 Å². The lowest BCUT2D eigenvalue weighted by Crippen LogP contribution is -2.37. The Kier molecular flexibility index (Phi) is 4.00. The number of piperidine rings is 1. The Hall–Kier alpha value is -1.09. The number of hydrogen-bond acceptors (Lipinski definition) is 3. The molecule has 2 heterocycles. The Morgan fingerprint density at radius 1 is 1.47 bits per heavy atom. The smallest absolute Gasteiger partial charge is 0.128 e. The minimum Gasteiger partial charge on any atom is -0.396 e. The fourth-order valence-corrected chi connectivity index (χ4v) is 2.35.